The zero-order chi connectivity index (χ0) is 17.9. The molecule has 2 aromatic rings. The SMILES string of the molecule is Cc1ccccc1OCCn1c(C(F)(F)F)ccc(C(N)=O)c1=O. The van der Waals surface area contributed by atoms with Crippen molar-refractivity contribution in [2.75, 3.05) is 6.61 Å². The van der Waals surface area contributed by atoms with E-state index in [-0.39, 0.29) is 13.2 Å². The zero-order valence-electron chi connectivity index (χ0n) is 12.8. The highest BCUT2D eigenvalue weighted by atomic mass is 19.4. The summed E-state index contributed by atoms with van der Waals surface area (Å²) in [5.41, 5.74) is 3.08. The molecule has 0 aliphatic heterocycles. The molecule has 0 radical (unpaired) electrons. The number of nitrogens with two attached hydrogens (primary N) is 1. The summed E-state index contributed by atoms with van der Waals surface area (Å²) in [4.78, 5) is 23.3. The van der Waals surface area contributed by atoms with E-state index in [1.807, 2.05) is 0 Å². The number of nitrogens with zero attached hydrogens (tertiary/aromatic N) is 1. The first-order chi connectivity index (χ1) is 11.2. The molecule has 0 aliphatic carbocycles. The summed E-state index contributed by atoms with van der Waals surface area (Å²) < 4.78 is 45.1. The highest BCUT2D eigenvalue weighted by Crippen LogP contribution is 2.28. The number of alkyl halides is 3. The summed E-state index contributed by atoms with van der Waals surface area (Å²) in [6.45, 7) is 1.25. The van der Waals surface area contributed by atoms with E-state index in [2.05, 4.69) is 0 Å². The second-order valence-electron chi connectivity index (χ2n) is 5.07. The number of benzene rings is 1. The number of hydrogen-bond donors (Lipinski definition) is 1. The number of aromatic nitrogens is 1. The number of hydrogen-bond acceptors (Lipinski definition) is 3. The van der Waals surface area contributed by atoms with Crippen LogP contribution in [0.2, 0.25) is 0 Å². The van der Waals surface area contributed by atoms with Gasteiger partial charge in [0.05, 0.1) is 6.54 Å². The molecule has 128 valence electrons. The van der Waals surface area contributed by atoms with E-state index < -0.39 is 28.9 Å². The van der Waals surface area contributed by atoms with Crippen molar-refractivity contribution in [3.8, 4) is 5.75 Å². The fraction of sp³-hybridized carbons (Fsp3) is 0.250. The Morgan fingerprint density at radius 1 is 1.21 bits per heavy atom. The predicted octanol–water partition coefficient (Wildman–Crippen LogP) is 2.35. The summed E-state index contributed by atoms with van der Waals surface area (Å²) in [6.07, 6.45) is -4.74. The van der Waals surface area contributed by atoms with Gasteiger partial charge < -0.3 is 15.0 Å². The smallest absolute Gasteiger partial charge is 0.431 e. The Morgan fingerprint density at radius 3 is 2.46 bits per heavy atom. The molecule has 0 fully saturated rings. The Morgan fingerprint density at radius 2 is 1.88 bits per heavy atom. The molecule has 5 nitrogen and oxygen atoms in total. The number of rotatable bonds is 5. The monoisotopic (exact) mass is 340 g/mol. The lowest BCUT2D eigenvalue weighted by atomic mass is 10.2. The molecule has 1 aromatic heterocycles. The maximum Gasteiger partial charge on any atom is 0.431 e. The number of pyridine rings is 1. The second kappa shape index (κ2) is 6.77. The van der Waals surface area contributed by atoms with Gasteiger partial charge in [0, 0.05) is 0 Å². The summed E-state index contributed by atoms with van der Waals surface area (Å²) in [7, 11) is 0. The molecule has 24 heavy (non-hydrogen) atoms. The van der Waals surface area contributed by atoms with Gasteiger partial charge >= 0.3 is 6.18 Å². The Balaban J connectivity index is 2.30. The number of aryl methyl sites for hydroxylation is 1. The zero-order valence-corrected chi connectivity index (χ0v) is 12.8. The Bertz CT molecular complexity index is 813. The molecule has 8 heteroatoms. The van der Waals surface area contributed by atoms with Gasteiger partial charge in [-0.05, 0) is 30.7 Å². The van der Waals surface area contributed by atoms with Crippen molar-refractivity contribution in [2.24, 2.45) is 5.73 Å². The lowest BCUT2D eigenvalue weighted by molar-refractivity contribution is -0.144. The van der Waals surface area contributed by atoms with Gasteiger partial charge in [0.2, 0.25) is 0 Å². The first-order valence-corrected chi connectivity index (χ1v) is 7.01. The van der Waals surface area contributed by atoms with Crippen molar-refractivity contribution in [1.82, 2.24) is 4.57 Å². The van der Waals surface area contributed by atoms with Crippen LogP contribution in [-0.2, 0) is 12.7 Å². The molecule has 0 bridgehead atoms. The maximum atomic E-state index is 13.1. The number of primary amides is 1. The number of ether oxygens (including phenoxy) is 1. The van der Waals surface area contributed by atoms with Crippen LogP contribution in [0.4, 0.5) is 13.2 Å². The molecule has 0 saturated heterocycles. The van der Waals surface area contributed by atoms with Crippen LogP contribution in [0.3, 0.4) is 0 Å². The fourth-order valence-corrected chi connectivity index (χ4v) is 2.20. The highest BCUT2D eigenvalue weighted by Gasteiger charge is 2.35. The third kappa shape index (κ3) is 3.76. The minimum absolute atomic E-state index is 0.171. The van der Waals surface area contributed by atoms with Crippen LogP contribution >= 0.6 is 0 Å². The van der Waals surface area contributed by atoms with Crippen molar-refractivity contribution in [2.45, 2.75) is 19.6 Å². The highest BCUT2D eigenvalue weighted by molar-refractivity contribution is 5.92. The lowest BCUT2D eigenvalue weighted by Crippen LogP contribution is -2.35. The van der Waals surface area contributed by atoms with Crippen LogP contribution in [0.5, 0.6) is 5.75 Å². The molecule has 0 spiro atoms. The molecular formula is C16H15F3N2O3. The van der Waals surface area contributed by atoms with Crippen LogP contribution in [0.25, 0.3) is 0 Å². The molecule has 0 aliphatic rings. The molecule has 1 heterocycles. The normalized spacial score (nSPS) is 11.3. The Labute approximate surface area is 135 Å². The van der Waals surface area contributed by atoms with Crippen molar-refractivity contribution in [3.05, 3.63) is 63.6 Å². The fourth-order valence-electron chi connectivity index (χ4n) is 2.20. The minimum Gasteiger partial charge on any atom is -0.491 e. The standard InChI is InChI=1S/C16H15F3N2O3/c1-10-4-2-3-5-12(10)24-9-8-21-13(16(17,18)19)7-6-11(14(20)22)15(21)23/h2-7H,8-9H2,1H3,(H2,20,22). The molecular weight excluding hydrogens is 325 g/mol. The average Bonchev–Trinajstić information content (AvgIpc) is 2.49. The number of para-hydroxylation sites is 1. The van der Waals surface area contributed by atoms with Gasteiger partial charge in [-0.2, -0.15) is 13.2 Å². The summed E-state index contributed by atoms with van der Waals surface area (Å²) in [5, 5.41) is 0. The van der Waals surface area contributed by atoms with E-state index in [0.717, 1.165) is 11.6 Å². The summed E-state index contributed by atoms with van der Waals surface area (Å²) in [5.74, 6) is -0.576. The maximum absolute atomic E-state index is 13.1. The number of carbonyl (C=O) groups excluding carboxylic acids is 1. The quantitative estimate of drug-likeness (QED) is 0.908. The second-order valence-corrected chi connectivity index (χ2v) is 5.07. The Hall–Kier alpha value is -2.77. The van der Waals surface area contributed by atoms with Crippen molar-refractivity contribution < 1.29 is 22.7 Å². The van der Waals surface area contributed by atoms with E-state index in [9.17, 15) is 22.8 Å². The van der Waals surface area contributed by atoms with E-state index in [1.54, 1.807) is 31.2 Å². The molecule has 2 rings (SSSR count). The van der Waals surface area contributed by atoms with Crippen LogP contribution in [0.15, 0.2) is 41.2 Å². The topological polar surface area (TPSA) is 74.3 Å². The van der Waals surface area contributed by atoms with Crippen LogP contribution in [0.1, 0.15) is 21.6 Å². The Kier molecular flexibility index (Phi) is 4.96. The number of carbonyl (C=O) groups is 1. The first kappa shape index (κ1) is 17.6. The van der Waals surface area contributed by atoms with Gasteiger partial charge in [0.1, 0.15) is 23.6 Å². The molecule has 0 saturated carbocycles. The van der Waals surface area contributed by atoms with E-state index in [4.69, 9.17) is 10.5 Å². The third-order valence-electron chi connectivity index (χ3n) is 3.40. The van der Waals surface area contributed by atoms with Gasteiger partial charge in [-0.25, -0.2) is 0 Å². The lowest BCUT2D eigenvalue weighted by Gasteiger charge is -2.16. The van der Waals surface area contributed by atoms with Gasteiger partial charge in [0.25, 0.3) is 11.5 Å². The predicted molar refractivity (Wildman–Crippen MR) is 80.9 cm³/mol. The van der Waals surface area contributed by atoms with Crippen molar-refractivity contribution >= 4 is 5.91 Å². The van der Waals surface area contributed by atoms with Gasteiger partial charge in [-0.15, -0.1) is 0 Å². The van der Waals surface area contributed by atoms with Gasteiger partial charge in [-0.3, -0.25) is 9.59 Å². The number of amides is 1. The van der Waals surface area contributed by atoms with Crippen molar-refractivity contribution in [1.29, 1.82) is 0 Å². The largest absolute Gasteiger partial charge is 0.491 e. The molecule has 1 aromatic carbocycles. The molecule has 1 amide bonds. The van der Waals surface area contributed by atoms with Crippen LogP contribution < -0.4 is 16.0 Å². The number of halogens is 3. The summed E-state index contributed by atoms with van der Waals surface area (Å²) >= 11 is 0. The van der Waals surface area contributed by atoms with E-state index in [1.165, 1.54) is 0 Å². The van der Waals surface area contributed by atoms with E-state index in [0.29, 0.717) is 16.4 Å². The van der Waals surface area contributed by atoms with Gasteiger partial charge in [-0.1, -0.05) is 18.2 Å². The van der Waals surface area contributed by atoms with E-state index >= 15 is 0 Å². The summed E-state index contributed by atoms with van der Waals surface area (Å²) in [6, 6.07) is 8.43. The molecule has 0 atom stereocenters. The van der Waals surface area contributed by atoms with Crippen molar-refractivity contribution in [3.63, 3.8) is 0 Å². The molecule has 0 unspecified atom stereocenters. The third-order valence-corrected chi connectivity index (χ3v) is 3.40. The molecule has 2 N–H and O–H groups in total. The minimum atomic E-state index is -4.74. The van der Waals surface area contributed by atoms with Crippen LogP contribution in [0, 0.1) is 6.92 Å². The first-order valence-electron chi connectivity index (χ1n) is 7.01. The average molecular weight is 340 g/mol. The van der Waals surface area contributed by atoms with Crippen LogP contribution in [-0.4, -0.2) is 17.1 Å². The van der Waals surface area contributed by atoms with Gasteiger partial charge in [0.15, 0.2) is 0 Å².